The first-order valence-electron chi connectivity index (χ1n) is 6.43. The van der Waals surface area contributed by atoms with Crippen molar-refractivity contribution in [3.8, 4) is 0 Å². The van der Waals surface area contributed by atoms with Gasteiger partial charge >= 0.3 is 0 Å². The third-order valence-corrected chi connectivity index (χ3v) is 4.58. The highest BCUT2D eigenvalue weighted by molar-refractivity contribution is 8.13. The van der Waals surface area contributed by atoms with Crippen molar-refractivity contribution in [2.75, 3.05) is 32.2 Å². The Morgan fingerprint density at radius 2 is 2.14 bits per heavy atom. The van der Waals surface area contributed by atoms with Crippen molar-refractivity contribution >= 4 is 31.3 Å². The Morgan fingerprint density at radius 1 is 1.43 bits per heavy atom. The Morgan fingerprint density at radius 3 is 2.67 bits per heavy atom. The zero-order chi connectivity index (χ0) is 15.6. The van der Waals surface area contributed by atoms with E-state index in [9.17, 15) is 13.2 Å². The Kier molecular flexibility index (Phi) is 4.75. The Hall–Kier alpha value is -1.31. The predicted molar refractivity (Wildman–Crippen MR) is 80.5 cm³/mol. The number of halogens is 1. The van der Waals surface area contributed by atoms with Crippen LogP contribution in [0.1, 0.15) is 16.8 Å². The summed E-state index contributed by atoms with van der Waals surface area (Å²) in [6.45, 7) is 1.09. The van der Waals surface area contributed by atoms with Crippen LogP contribution in [0.3, 0.4) is 0 Å². The lowest BCUT2D eigenvalue weighted by molar-refractivity contribution is 0.0929. The molecule has 1 unspecified atom stereocenters. The van der Waals surface area contributed by atoms with Gasteiger partial charge in [-0.1, -0.05) is 0 Å². The van der Waals surface area contributed by atoms with E-state index in [-0.39, 0.29) is 22.4 Å². The van der Waals surface area contributed by atoms with Gasteiger partial charge in [0.15, 0.2) is 0 Å². The number of nitrogens with one attached hydrogen (secondary N) is 1. The van der Waals surface area contributed by atoms with Crippen molar-refractivity contribution in [3.63, 3.8) is 0 Å². The van der Waals surface area contributed by atoms with E-state index in [4.69, 9.17) is 15.4 Å². The molecule has 1 saturated heterocycles. The zero-order valence-corrected chi connectivity index (χ0v) is 13.4. The van der Waals surface area contributed by atoms with E-state index in [2.05, 4.69) is 5.32 Å². The van der Waals surface area contributed by atoms with Crippen LogP contribution in [0.2, 0.25) is 0 Å². The number of benzene rings is 1. The molecular weight excluding hydrogens is 316 g/mol. The van der Waals surface area contributed by atoms with E-state index in [1.54, 1.807) is 31.1 Å². The summed E-state index contributed by atoms with van der Waals surface area (Å²) in [5, 5.41) is 2.81. The first-order valence-corrected chi connectivity index (χ1v) is 8.74. The highest BCUT2D eigenvalue weighted by Crippen LogP contribution is 2.28. The molecule has 1 N–H and O–H groups in total. The molecule has 0 aromatic heterocycles. The molecule has 1 atom stereocenters. The molecule has 116 valence electrons. The first-order chi connectivity index (χ1) is 9.79. The van der Waals surface area contributed by atoms with Crippen LogP contribution in [0, 0.1) is 0 Å². The third kappa shape index (κ3) is 3.87. The van der Waals surface area contributed by atoms with Crippen molar-refractivity contribution in [2.45, 2.75) is 17.4 Å². The van der Waals surface area contributed by atoms with Gasteiger partial charge in [-0.3, -0.25) is 4.79 Å². The molecule has 0 spiro atoms. The molecular formula is C13H17ClN2O4S. The van der Waals surface area contributed by atoms with Gasteiger partial charge in [-0.2, -0.15) is 0 Å². The molecule has 1 aromatic carbocycles. The lowest BCUT2D eigenvalue weighted by atomic mass is 10.1. The molecule has 1 aromatic rings. The largest absolute Gasteiger partial charge is 0.379 e. The fourth-order valence-corrected chi connectivity index (χ4v) is 3.28. The minimum atomic E-state index is -3.94. The minimum absolute atomic E-state index is 0.0397. The normalized spacial score (nSPS) is 18.5. The second-order valence-corrected chi connectivity index (χ2v) is 7.58. The molecule has 6 nitrogen and oxygen atoms in total. The van der Waals surface area contributed by atoms with Crippen molar-refractivity contribution in [1.82, 2.24) is 5.32 Å². The van der Waals surface area contributed by atoms with Gasteiger partial charge in [0.2, 0.25) is 0 Å². The van der Waals surface area contributed by atoms with E-state index in [1.807, 2.05) is 0 Å². The number of hydrogen-bond donors (Lipinski definition) is 1. The number of carbonyl (C=O) groups is 1. The number of hydrogen-bond acceptors (Lipinski definition) is 5. The van der Waals surface area contributed by atoms with Gasteiger partial charge in [0, 0.05) is 36.9 Å². The van der Waals surface area contributed by atoms with Gasteiger partial charge in [-0.05, 0) is 24.6 Å². The highest BCUT2D eigenvalue weighted by Gasteiger charge is 2.22. The van der Waals surface area contributed by atoms with Gasteiger partial charge in [0.25, 0.3) is 15.0 Å². The minimum Gasteiger partial charge on any atom is -0.379 e. The average Bonchev–Trinajstić information content (AvgIpc) is 2.89. The summed E-state index contributed by atoms with van der Waals surface area (Å²) >= 11 is 0. The van der Waals surface area contributed by atoms with Gasteiger partial charge < -0.3 is 15.0 Å². The Balaban J connectivity index is 2.30. The fraction of sp³-hybridized carbons (Fsp3) is 0.462. The van der Waals surface area contributed by atoms with E-state index < -0.39 is 9.05 Å². The Labute approximate surface area is 128 Å². The van der Waals surface area contributed by atoms with Crippen molar-refractivity contribution < 1.29 is 17.9 Å². The van der Waals surface area contributed by atoms with Gasteiger partial charge in [0.05, 0.1) is 18.3 Å². The van der Waals surface area contributed by atoms with Gasteiger partial charge in [-0.15, -0.1) is 0 Å². The molecule has 0 bridgehead atoms. The van der Waals surface area contributed by atoms with Crippen molar-refractivity contribution in [3.05, 3.63) is 23.8 Å². The van der Waals surface area contributed by atoms with Crippen LogP contribution in [0.15, 0.2) is 23.1 Å². The molecule has 1 amide bonds. The molecule has 0 aliphatic carbocycles. The van der Waals surface area contributed by atoms with Gasteiger partial charge in [0.1, 0.15) is 4.90 Å². The summed E-state index contributed by atoms with van der Waals surface area (Å²) in [4.78, 5) is 13.7. The summed E-state index contributed by atoms with van der Waals surface area (Å²) in [7, 11) is 4.92. The van der Waals surface area contributed by atoms with Crippen LogP contribution in [0.4, 0.5) is 5.69 Å². The number of carbonyl (C=O) groups excluding carboxylic acids is 1. The molecule has 1 heterocycles. The lowest BCUT2D eigenvalue weighted by Gasteiger charge is -2.17. The maximum atomic E-state index is 12.1. The number of amides is 1. The molecule has 0 saturated carbocycles. The standard InChI is InChI=1S/C13H17ClN2O4S/c1-16(2)11-4-3-9(7-12(11)21(14,18)19)13(17)15-10-5-6-20-8-10/h3-4,7,10H,5-6,8H2,1-2H3,(H,15,17). The maximum absolute atomic E-state index is 12.1. The number of nitrogens with zero attached hydrogens (tertiary/aromatic N) is 1. The Bertz CT molecular complexity index is 640. The van der Waals surface area contributed by atoms with E-state index in [0.717, 1.165) is 6.42 Å². The quantitative estimate of drug-likeness (QED) is 0.838. The monoisotopic (exact) mass is 332 g/mol. The summed E-state index contributed by atoms with van der Waals surface area (Å²) in [5.41, 5.74) is 0.692. The number of rotatable bonds is 4. The fourth-order valence-electron chi connectivity index (χ4n) is 2.14. The second kappa shape index (κ2) is 6.21. The predicted octanol–water partition coefficient (Wildman–Crippen LogP) is 1.20. The van der Waals surface area contributed by atoms with Crippen LogP contribution in [0.25, 0.3) is 0 Å². The maximum Gasteiger partial charge on any atom is 0.263 e. The van der Waals surface area contributed by atoms with Crippen molar-refractivity contribution in [2.24, 2.45) is 0 Å². The molecule has 2 rings (SSSR count). The van der Waals surface area contributed by atoms with Crippen LogP contribution in [-0.4, -0.2) is 47.7 Å². The number of ether oxygens (including phenoxy) is 1. The van der Waals surface area contributed by atoms with Crippen molar-refractivity contribution in [1.29, 1.82) is 0 Å². The SMILES string of the molecule is CN(C)c1ccc(C(=O)NC2CCOC2)cc1S(=O)(=O)Cl. The molecule has 21 heavy (non-hydrogen) atoms. The van der Waals surface area contributed by atoms with Crippen LogP contribution in [0.5, 0.6) is 0 Å². The van der Waals surface area contributed by atoms with E-state index >= 15 is 0 Å². The summed E-state index contributed by atoms with van der Waals surface area (Å²) in [6, 6.07) is 4.39. The summed E-state index contributed by atoms with van der Waals surface area (Å²) in [6.07, 6.45) is 0.752. The van der Waals surface area contributed by atoms with E-state index in [0.29, 0.717) is 18.9 Å². The molecule has 1 fully saturated rings. The molecule has 1 aliphatic rings. The van der Waals surface area contributed by atoms with Gasteiger partial charge in [-0.25, -0.2) is 8.42 Å². The molecule has 1 aliphatic heterocycles. The molecule has 0 radical (unpaired) electrons. The summed E-state index contributed by atoms with van der Waals surface area (Å²) in [5.74, 6) is -0.336. The highest BCUT2D eigenvalue weighted by atomic mass is 35.7. The third-order valence-electron chi connectivity index (χ3n) is 3.23. The van der Waals surface area contributed by atoms with Crippen LogP contribution < -0.4 is 10.2 Å². The van der Waals surface area contributed by atoms with Crippen LogP contribution in [-0.2, 0) is 13.8 Å². The smallest absolute Gasteiger partial charge is 0.263 e. The molecule has 8 heteroatoms. The van der Waals surface area contributed by atoms with Crippen LogP contribution >= 0.6 is 10.7 Å². The topological polar surface area (TPSA) is 75.7 Å². The van der Waals surface area contributed by atoms with E-state index in [1.165, 1.54) is 6.07 Å². The lowest BCUT2D eigenvalue weighted by Crippen LogP contribution is -2.35. The second-order valence-electron chi connectivity index (χ2n) is 5.05. The first kappa shape index (κ1) is 16.1. The summed E-state index contributed by atoms with van der Waals surface area (Å²) < 4.78 is 28.5. The average molecular weight is 333 g/mol. The zero-order valence-electron chi connectivity index (χ0n) is 11.8. The number of anilines is 1.